The molecular weight excluding hydrogens is 525 g/mol. The maximum atomic E-state index is 13.1. The number of methoxy groups -OCH3 is 3. The Kier molecular flexibility index (Phi) is 7.42. The Bertz CT molecular complexity index is 1530. The zero-order chi connectivity index (χ0) is 26.9. The van der Waals surface area contributed by atoms with E-state index >= 15 is 0 Å². The van der Waals surface area contributed by atoms with Gasteiger partial charge in [-0.15, -0.1) is 0 Å². The van der Waals surface area contributed by atoms with E-state index in [1.165, 1.54) is 39.5 Å². The number of carboxylic acids is 1. The monoisotopic (exact) mass is 545 g/mol. The molecule has 0 saturated carbocycles. The number of allylic oxidation sites excluding steroid dienone is 1. The Hall–Kier alpha value is -4.02. The zero-order valence-corrected chi connectivity index (χ0v) is 21.4. The molecule has 0 atom stereocenters. The topological polar surface area (TPSA) is 129 Å². The van der Waals surface area contributed by atoms with Crippen LogP contribution in [0.3, 0.4) is 0 Å². The molecule has 1 aliphatic rings. The molecule has 37 heavy (non-hydrogen) atoms. The molecule has 10 nitrogen and oxygen atoms in total. The molecule has 1 aromatic heterocycles. The number of carboxylic acid groups (broad SMARTS) is 1. The van der Waals surface area contributed by atoms with Gasteiger partial charge in [-0.05, 0) is 54.0 Å². The van der Waals surface area contributed by atoms with Crippen LogP contribution >= 0.6 is 23.2 Å². The van der Waals surface area contributed by atoms with Crippen LogP contribution in [0.25, 0.3) is 22.6 Å². The third kappa shape index (κ3) is 4.98. The van der Waals surface area contributed by atoms with Crippen LogP contribution in [0, 0.1) is 0 Å². The zero-order valence-electron chi connectivity index (χ0n) is 19.9. The number of amides is 1. The number of benzene rings is 2. The highest BCUT2D eigenvalue weighted by molar-refractivity contribution is 6.54. The smallest absolute Gasteiger partial charge is 0.349 e. The number of anilines is 1. The van der Waals surface area contributed by atoms with Gasteiger partial charge in [0.25, 0.3) is 11.5 Å². The van der Waals surface area contributed by atoms with E-state index in [0.717, 1.165) is 11.1 Å². The van der Waals surface area contributed by atoms with E-state index in [2.05, 4.69) is 10.3 Å². The number of nitrogens with one attached hydrogen (secondary N) is 1. The Morgan fingerprint density at radius 1 is 1.05 bits per heavy atom. The fourth-order valence-electron chi connectivity index (χ4n) is 4.00. The first kappa shape index (κ1) is 26.1. The molecule has 12 heteroatoms. The van der Waals surface area contributed by atoms with E-state index in [-0.39, 0.29) is 11.2 Å². The fraction of sp³-hybridized carbons (Fsp3) is 0.200. The number of rotatable bonds is 7. The number of fused-ring (bicyclic) bond motifs is 2. The van der Waals surface area contributed by atoms with Crippen molar-refractivity contribution in [2.75, 3.05) is 26.6 Å². The van der Waals surface area contributed by atoms with Crippen molar-refractivity contribution in [1.29, 1.82) is 0 Å². The number of aliphatic carboxylic acids is 1. The molecule has 1 amide bonds. The highest BCUT2D eigenvalue weighted by Crippen LogP contribution is 2.39. The lowest BCUT2D eigenvalue weighted by Gasteiger charge is -2.13. The number of carbonyl (C=O) groups is 2. The molecule has 0 radical (unpaired) electrons. The quantitative estimate of drug-likeness (QED) is 0.425. The number of hydrogen-bond acceptors (Lipinski definition) is 7. The van der Waals surface area contributed by atoms with E-state index in [1.807, 2.05) is 6.08 Å². The minimum Gasteiger partial charge on any atom is -0.493 e. The van der Waals surface area contributed by atoms with Gasteiger partial charge in [-0.1, -0.05) is 23.2 Å². The highest BCUT2D eigenvalue weighted by atomic mass is 35.5. The second-order valence-corrected chi connectivity index (χ2v) is 8.65. The van der Waals surface area contributed by atoms with Crippen LogP contribution in [0.2, 0.25) is 0 Å². The van der Waals surface area contributed by atoms with Crippen LogP contribution in [-0.4, -0.2) is 47.9 Å². The normalized spacial score (nSPS) is 14.2. The number of hydrogen-bond donors (Lipinski definition) is 2. The second-order valence-electron chi connectivity index (χ2n) is 7.89. The maximum absolute atomic E-state index is 13.1. The molecule has 0 unspecified atom stereocenters. The largest absolute Gasteiger partial charge is 0.493 e. The van der Waals surface area contributed by atoms with Gasteiger partial charge in [0.1, 0.15) is 15.9 Å². The van der Waals surface area contributed by atoms with Crippen molar-refractivity contribution in [3.63, 3.8) is 0 Å². The molecule has 3 aromatic rings. The molecule has 2 heterocycles. The van der Waals surface area contributed by atoms with Gasteiger partial charge < -0.3 is 24.6 Å². The molecule has 192 valence electrons. The summed E-state index contributed by atoms with van der Waals surface area (Å²) in [6.07, 6.45) is 2.47. The van der Waals surface area contributed by atoms with Crippen molar-refractivity contribution in [1.82, 2.24) is 9.55 Å². The Morgan fingerprint density at radius 2 is 1.73 bits per heavy atom. The average molecular weight is 546 g/mol. The standard InChI is InChI=1S/C25H21Cl2N3O7/c1-35-17-9-12(10-18(36-2)21(17)37-3)8-13-6-7-30-22(13)29-16-11-14(4-5-15(16)24(30)32)28-23(31)19(26)20(27)25(33)34/h4-5,8-11H,6-7H2,1-3H3,(H,28,31)(H,33,34)/b13-8+,20-19-. The van der Waals surface area contributed by atoms with Gasteiger partial charge in [-0.25, -0.2) is 9.78 Å². The third-order valence-corrected chi connectivity index (χ3v) is 6.52. The van der Waals surface area contributed by atoms with E-state index in [1.54, 1.807) is 16.7 Å². The molecule has 0 aliphatic carbocycles. The molecule has 1 aliphatic heterocycles. The van der Waals surface area contributed by atoms with E-state index in [4.69, 9.17) is 42.5 Å². The number of ether oxygens (including phenoxy) is 3. The maximum Gasteiger partial charge on any atom is 0.349 e. The van der Waals surface area contributed by atoms with Gasteiger partial charge >= 0.3 is 5.97 Å². The summed E-state index contributed by atoms with van der Waals surface area (Å²) >= 11 is 11.3. The lowest BCUT2D eigenvalue weighted by molar-refractivity contribution is -0.132. The summed E-state index contributed by atoms with van der Waals surface area (Å²) in [4.78, 5) is 41.1. The molecule has 0 saturated heterocycles. The van der Waals surface area contributed by atoms with Gasteiger partial charge in [-0.3, -0.25) is 14.2 Å². The highest BCUT2D eigenvalue weighted by Gasteiger charge is 2.23. The van der Waals surface area contributed by atoms with Crippen molar-refractivity contribution in [3.8, 4) is 17.2 Å². The summed E-state index contributed by atoms with van der Waals surface area (Å²) in [6, 6.07) is 8.12. The van der Waals surface area contributed by atoms with Crippen LogP contribution in [0.5, 0.6) is 17.2 Å². The second kappa shape index (κ2) is 10.5. The van der Waals surface area contributed by atoms with Crippen LogP contribution in [-0.2, 0) is 16.1 Å². The number of halogens is 2. The van der Waals surface area contributed by atoms with Crippen molar-refractivity contribution >= 4 is 63.3 Å². The van der Waals surface area contributed by atoms with Crippen LogP contribution in [0.15, 0.2) is 45.2 Å². The van der Waals surface area contributed by atoms with Crippen molar-refractivity contribution < 1.29 is 28.9 Å². The predicted octanol–water partition coefficient (Wildman–Crippen LogP) is 4.08. The van der Waals surface area contributed by atoms with E-state index in [9.17, 15) is 14.4 Å². The van der Waals surface area contributed by atoms with Gasteiger partial charge in [0, 0.05) is 12.2 Å². The molecule has 0 spiro atoms. The lowest BCUT2D eigenvalue weighted by atomic mass is 10.1. The number of carbonyl (C=O) groups excluding carboxylic acids is 1. The number of aromatic nitrogens is 2. The molecular formula is C25H21Cl2N3O7. The predicted molar refractivity (Wildman–Crippen MR) is 140 cm³/mol. The summed E-state index contributed by atoms with van der Waals surface area (Å²) in [5.41, 5.74) is 1.97. The summed E-state index contributed by atoms with van der Waals surface area (Å²) < 4.78 is 17.8. The summed E-state index contributed by atoms with van der Waals surface area (Å²) in [5.74, 6) is -0.500. The van der Waals surface area contributed by atoms with Gasteiger partial charge in [-0.2, -0.15) is 0 Å². The molecule has 2 aromatic carbocycles. The Labute approximate surface area is 220 Å². The fourth-order valence-corrected chi connectivity index (χ4v) is 4.21. The minimum absolute atomic E-state index is 0.224. The molecule has 0 fully saturated rings. The third-order valence-electron chi connectivity index (χ3n) is 5.71. The number of nitrogens with zero attached hydrogens (tertiary/aromatic N) is 2. The Morgan fingerprint density at radius 3 is 2.32 bits per heavy atom. The van der Waals surface area contributed by atoms with Crippen LogP contribution in [0.1, 0.15) is 17.8 Å². The van der Waals surface area contributed by atoms with Crippen LogP contribution in [0.4, 0.5) is 5.69 Å². The summed E-state index contributed by atoms with van der Waals surface area (Å²) in [7, 11) is 4.58. The SMILES string of the molecule is COc1cc(/C=C2\CCn3c2nc2cc(NC(=O)/C(Cl)=C(/Cl)C(=O)O)ccc2c3=O)cc(OC)c1OC. The van der Waals surface area contributed by atoms with E-state index < -0.39 is 21.9 Å². The van der Waals surface area contributed by atoms with Gasteiger partial charge in [0.05, 0.1) is 32.2 Å². The molecule has 0 bridgehead atoms. The average Bonchev–Trinajstić information content (AvgIpc) is 3.29. The molecule has 2 N–H and O–H groups in total. The first-order valence-electron chi connectivity index (χ1n) is 10.8. The lowest BCUT2D eigenvalue weighted by Crippen LogP contribution is -2.21. The first-order valence-corrected chi connectivity index (χ1v) is 11.6. The molecule has 4 rings (SSSR count). The van der Waals surface area contributed by atoms with Crippen LogP contribution < -0.4 is 25.1 Å². The van der Waals surface area contributed by atoms with Crippen molar-refractivity contribution in [2.24, 2.45) is 0 Å². The minimum atomic E-state index is -1.53. The van der Waals surface area contributed by atoms with Gasteiger partial charge in [0.2, 0.25) is 5.75 Å². The summed E-state index contributed by atoms with van der Waals surface area (Å²) in [5, 5.41) is 10.3. The Balaban J connectivity index is 1.75. The van der Waals surface area contributed by atoms with Gasteiger partial charge in [0.15, 0.2) is 11.5 Å². The van der Waals surface area contributed by atoms with Crippen molar-refractivity contribution in [3.05, 3.63) is 62.1 Å². The van der Waals surface area contributed by atoms with E-state index in [0.29, 0.717) is 46.9 Å². The summed E-state index contributed by atoms with van der Waals surface area (Å²) in [6.45, 7) is 0.458. The van der Waals surface area contributed by atoms with Crippen molar-refractivity contribution in [2.45, 2.75) is 13.0 Å². The first-order chi connectivity index (χ1) is 17.7.